The Morgan fingerprint density at radius 1 is 1.13 bits per heavy atom. The number of likely N-dealkylation sites (tertiary alicyclic amines) is 1. The highest BCUT2D eigenvalue weighted by molar-refractivity contribution is 7.90. The van der Waals surface area contributed by atoms with Gasteiger partial charge in [0, 0.05) is 19.0 Å². The number of piperidine rings is 1. The fourth-order valence-electron chi connectivity index (χ4n) is 4.62. The summed E-state index contributed by atoms with van der Waals surface area (Å²) in [6.07, 6.45) is 3.39. The summed E-state index contributed by atoms with van der Waals surface area (Å²) in [6, 6.07) is 15.1. The number of benzene rings is 2. The van der Waals surface area contributed by atoms with Crippen LogP contribution in [0, 0.1) is 12.8 Å². The van der Waals surface area contributed by atoms with E-state index in [0.717, 1.165) is 31.2 Å². The zero-order valence-electron chi connectivity index (χ0n) is 17.0. The van der Waals surface area contributed by atoms with E-state index in [-0.39, 0.29) is 16.7 Å². The first-order valence-corrected chi connectivity index (χ1v) is 11.9. The fraction of sp³-hybridized carbons (Fsp3) is 0.391. The number of sulfonamides is 1. The van der Waals surface area contributed by atoms with Crippen LogP contribution in [0.25, 0.3) is 0 Å². The average Bonchev–Trinajstić information content (AvgIpc) is 3.55. The molecule has 1 saturated carbocycles. The average molecular weight is 424 g/mol. The second-order valence-electron chi connectivity index (χ2n) is 8.61. The number of amidine groups is 1. The lowest BCUT2D eigenvalue weighted by molar-refractivity contribution is -0.135. The molecule has 2 aromatic rings. The molecular weight excluding hydrogens is 398 g/mol. The molecule has 0 radical (unpaired) electrons. The van der Waals surface area contributed by atoms with E-state index in [1.165, 1.54) is 5.56 Å². The van der Waals surface area contributed by atoms with E-state index < -0.39 is 15.4 Å². The van der Waals surface area contributed by atoms with E-state index >= 15 is 0 Å². The van der Waals surface area contributed by atoms with Crippen molar-refractivity contribution in [2.24, 2.45) is 10.3 Å². The molecule has 0 aromatic heterocycles. The Labute approximate surface area is 177 Å². The minimum absolute atomic E-state index is 0.111. The van der Waals surface area contributed by atoms with Crippen LogP contribution >= 0.6 is 0 Å². The number of anilines is 1. The van der Waals surface area contributed by atoms with Crippen molar-refractivity contribution in [3.63, 3.8) is 0 Å². The van der Waals surface area contributed by atoms with E-state index in [1.54, 1.807) is 24.3 Å². The predicted molar refractivity (Wildman–Crippen MR) is 116 cm³/mol. The van der Waals surface area contributed by atoms with Gasteiger partial charge in [-0.25, -0.2) is 0 Å². The Bertz CT molecular complexity index is 1130. The Balaban J connectivity index is 1.38. The number of amides is 1. The summed E-state index contributed by atoms with van der Waals surface area (Å²) in [6.45, 7) is 3.25. The molecule has 1 N–H and O–H groups in total. The van der Waals surface area contributed by atoms with E-state index in [0.29, 0.717) is 24.6 Å². The zero-order valence-corrected chi connectivity index (χ0v) is 17.8. The Kier molecular flexibility index (Phi) is 4.47. The van der Waals surface area contributed by atoms with Gasteiger partial charge in [-0.05, 0) is 50.3 Å². The van der Waals surface area contributed by atoms with Crippen LogP contribution in [-0.2, 0) is 20.2 Å². The molecule has 1 amide bonds. The van der Waals surface area contributed by atoms with Gasteiger partial charge in [0.15, 0.2) is 0 Å². The van der Waals surface area contributed by atoms with Crippen molar-refractivity contribution in [2.45, 2.75) is 42.9 Å². The molecule has 2 aromatic carbocycles. The third-order valence-electron chi connectivity index (χ3n) is 6.51. The Hall–Kier alpha value is -2.67. The minimum Gasteiger partial charge on any atom is -0.342 e. The molecule has 1 aliphatic carbocycles. The molecule has 6 nitrogen and oxygen atoms in total. The van der Waals surface area contributed by atoms with Crippen LogP contribution in [0.3, 0.4) is 0 Å². The lowest BCUT2D eigenvalue weighted by atomic mass is 9.90. The normalized spacial score (nSPS) is 23.7. The van der Waals surface area contributed by atoms with Crippen molar-refractivity contribution in [2.75, 3.05) is 18.4 Å². The van der Waals surface area contributed by atoms with Crippen LogP contribution in [0.5, 0.6) is 0 Å². The lowest BCUT2D eigenvalue weighted by Crippen LogP contribution is -2.48. The monoisotopic (exact) mass is 423 g/mol. The second-order valence-corrected chi connectivity index (χ2v) is 10.2. The van der Waals surface area contributed by atoms with Gasteiger partial charge in [0.2, 0.25) is 5.91 Å². The number of carbonyl (C=O) groups is 1. The van der Waals surface area contributed by atoms with Gasteiger partial charge in [0.1, 0.15) is 10.7 Å². The van der Waals surface area contributed by atoms with Gasteiger partial charge in [-0.15, -0.1) is 4.40 Å². The van der Waals surface area contributed by atoms with Crippen molar-refractivity contribution in [1.29, 1.82) is 0 Å². The van der Waals surface area contributed by atoms with Crippen LogP contribution in [0.1, 0.15) is 36.8 Å². The first kappa shape index (κ1) is 19.3. The highest BCUT2D eigenvalue weighted by Gasteiger charge is 2.53. The maximum Gasteiger partial charge on any atom is 0.286 e. The van der Waals surface area contributed by atoms with Crippen molar-refractivity contribution in [3.8, 4) is 0 Å². The molecule has 0 unspecified atom stereocenters. The summed E-state index contributed by atoms with van der Waals surface area (Å²) in [4.78, 5) is 15.6. The highest BCUT2D eigenvalue weighted by Crippen LogP contribution is 2.50. The molecule has 30 heavy (non-hydrogen) atoms. The van der Waals surface area contributed by atoms with Gasteiger partial charge in [0.25, 0.3) is 10.0 Å². The van der Waals surface area contributed by atoms with Crippen molar-refractivity contribution in [3.05, 3.63) is 59.7 Å². The summed E-state index contributed by atoms with van der Waals surface area (Å²) >= 11 is 0. The summed E-state index contributed by atoms with van der Waals surface area (Å²) in [5.41, 5.74) is 2.42. The minimum atomic E-state index is -3.72. The smallest absolute Gasteiger partial charge is 0.286 e. The largest absolute Gasteiger partial charge is 0.342 e. The van der Waals surface area contributed by atoms with E-state index in [9.17, 15) is 13.2 Å². The molecule has 1 saturated heterocycles. The fourth-order valence-corrected chi connectivity index (χ4v) is 5.82. The summed E-state index contributed by atoms with van der Waals surface area (Å²) in [5.74, 6) is 0.502. The highest BCUT2D eigenvalue weighted by atomic mass is 32.2. The van der Waals surface area contributed by atoms with E-state index in [1.807, 2.05) is 11.8 Å². The zero-order chi connectivity index (χ0) is 20.9. The molecule has 156 valence electrons. The summed E-state index contributed by atoms with van der Waals surface area (Å²) < 4.78 is 29.3. The lowest BCUT2D eigenvalue weighted by Gasteiger charge is -2.36. The topological polar surface area (TPSA) is 78.8 Å². The molecule has 3 aliphatic rings. The first-order valence-electron chi connectivity index (χ1n) is 10.5. The molecule has 2 fully saturated rings. The van der Waals surface area contributed by atoms with Crippen LogP contribution in [0.4, 0.5) is 5.69 Å². The number of fused-ring (bicyclic) bond motifs is 1. The molecule has 0 spiro atoms. The molecule has 7 heteroatoms. The Morgan fingerprint density at radius 3 is 2.60 bits per heavy atom. The number of hydrogen-bond acceptors (Lipinski definition) is 4. The van der Waals surface area contributed by atoms with Crippen LogP contribution in [0.2, 0.25) is 0 Å². The molecule has 1 atom stereocenters. The van der Waals surface area contributed by atoms with Crippen LogP contribution in [0.15, 0.2) is 57.8 Å². The van der Waals surface area contributed by atoms with Gasteiger partial charge in [-0.3, -0.25) is 4.79 Å². The van der Waals surface area contributed by atoms with Gasteiger partial charge in [0.05, 0.1) is 11.1 Å². The number of nitrogens with zero attached hydrogens (tertiary/aromatic N) is 2. The first-order chi connectivity index (χ1) is 14.4. The molecule has 5 rings (SSSR count). The SMILES string of the molecule is Cc1ccc(C2(C(=O)N3CCC[C@H](C4=NS(=O)(=O)c5ccccc5N4)C3)CC2)cc1. The van der Waals surface area contributed by atoms with Crippen molar-refractivity contribution < 1.29 is 13.2 Å². The Morgan fingerprint density at radius 2 is 1.87 bits per heavy atom. The third-order valence-corrected chi connectivity index (χ3v) is 7.85. The van der Waals surface area contributed by atoms with Gasteiger partial charge in [-0.1, -0.05) is 42.0 Å². The maximum absolute atomic E-state index is 13.5. The van der Waals surface area contributed by atoms with Gasteiger partial charge in [-0.2, -0.15) is 8.42 Å². The van der Waals surface area contributed by atoms with Crippen LogP contribution in [-0.4, -0.2) is 38.2 Å². The number of aryl methyl sites for hydroxylation is 1. The number of para-hydroxylation sites is 1. The van der Waals surface area contributed by atoms with Crippen molar-refractivity contribution in [1.82, 2.24) is 4.90 Å². The molecule has 2 aliphatic heterocycles. The number of nitrogens with one attached hydrogen (secondary N) is 1. The van der Waals surface area contributed by atoms with Crippen molar-refractivity contribution >= 4 is 27.5 Å². The predicted octanol–water partition coefficient (Wildman–Crippen LogP) is 3.48. The quantitative estimate of drug-likeness (QED) is 0.820. The summed E-state index contributed by atoms with van der Waals surface area (Å²) in [7, 11) is -3.72. The standard InChI is InChI=1S/C23H25N3O3S/c1-16-8-10-18(11-9-16)23(12-13-23)22(27)26-14-4-5-17(15-26)21-24-19-6-2-3-7-20(19)30(28,29)25-21/h2-3,6-11,17H,4-5,12-15H2,1H3,(H,24,25)/t17-/m0/s1. The number of carbonyl (C=O) groups excluding carboxylic acids is 1. The second kappa shape index (κ2) is 6.94. The van der Waals surface area contributed by atoms with Crippen LogP contribution < -0.4 is 5.32 Å². The molecule has 0 bridgehead atoms. The number of hydrogen-bond donors (Lipinski definition) is 1. The summed E-state index contributed by atoms with van der Waals surface area (Å²) in [5, 5.41) is 3.21. The van der Waals surface area contributed by atoms with E-state index in [2.05, 4.69) is 34.0 Å². The maximum atomic E-state index is 13.5. The van der Waals surface area contributed by atoms with Gasteiger partial charge < -0.3 is 10.2 Å². The third kappa shape index (κ3) is 3.21. The molecular formula is C23H25N3O3S. The molecule has 2 heterocycles. The van der Waals surface area contributed by atoms with Gasteiger partial charge >= 0.3 is 0 Å². The van der Waals surface area contributed by atoms with E-state index in [4.69, 9.17) is 0 Å². The number of rotatable bonds is 3.